The number of halogens is 1. The lowest BCUT2D eigenvalue weighted by molar-refractivity contribution is -0.117. The molecule has 2 aromatic carbocycles. The molecule has 1 aliphatic heterocycles. The van der Waals surface area contributed by atoms with Gasteiger partial charge in [-0.15, -0.1) is 0 Å². The zero-order chi connectivity index (χ0) is 23.0. The lowest BCUT2D eigenvalue weighted by Gasteiger charge is -2.33. The van der Waals surface area contributed by atoms with Crippen LogP contribution in [-0.4, -0.2) is 52.9 Å². The molecule has 0 spiro atoms. The number of nitrogens with one attached hydrogen (secondary N) is 1. The van der Waals surface area contributed by atoms with Crippen LogP contribution in [0.3, 0.4) is 0 Å². The van der Waals surface area contributed by atoms with Crippen LogP contribution in [0, 0.1) is 6.92 Å². The minimum Gasteiger partial charge on any atom is -0.374 e. The smallest absolute Gasteiger partial charge is 0.244 e. The number of ether oxygens (including phenoxy) is 1. The summed E-state index contributed by atoms with van der Waals surface area (Å²) in [6.07, 6.45) is 3.21. The Morgan fingerprint density at radius 2 is 1.79 bits per heavy atom. The average molecular weight is 465 g/mol. The molecule has 1 atom stereocenters. The predicted octanol–water partition coefficient (Wildman–Crippen LogP) is 3.92. The van der Waals surface area contributed by atoms with Crippen LogP contribution in [0.5, 0.6) is 0 Å². The van der Waals surface area contributed by atoms with Crippen molar-refractivity contribution < 1.29 is 9.53 Å². The van der Waals surface area contributed by atoms with Crippen molar-refractivity contribution >= 4 is 23.6 Å². The van der Waals surface area contributed by atoms with Crippen molar-refractivity contribution in [2.75, 3.05) is 26.2 Å². The molecule has 1 N–H and O–H groups in total. The molecule has 4 rings (SSSR count). The van der Waals surface area contributed by atoms with E-state index in [1.807, 2.05) is 43.3 Å². The third kappa shape index (κ3) is 6.54. The third-order valence-corrected chi connectivity index (χ3v) is 6.06. The van der Waals surface area contributed by atoms with E-state index in [0.29, 0.717) is 24.8 Å². The Bertz CT molecular complexity index is 1080. The van der Waals surface area contributed by atoms with E-state index in [2.05, 4.69) is 39.6 Å². The maximum Gasteiger partial charge on any atom is 0.244 e. The summed E-state index contributed by atoms with van der Waals surface area (Å²) >= 11 is 6.54. The van der Waals surface area contributed by atoms with Gasteiger partial charge in [0, 0.05) is 37.8 Å². The number of hydrogen-bond donors (Lipinski definition) is 1. The first kappa shape index (κ1) is 23.2. The standard InChI is InChI=1S/C26H29ClN4O2/c1-20-24(26(27)31(29-20)18-22-10-6-3-7-11-22)12-13-25(32)28-16-23-19-30(14-15-33-23)17-21-8-4-2-5-9-21/h2-13,23H,14-19H2,1H3,(H,28,32)/b13-12+. The van der Waals surface area contributed by atoms with Gasteiger partial charge in [-0.3, -0.25) is 9.69 Å². The fraction of sp³-hybridized carbons (Fsp3) is 0.308. The molecule has 0 bridgehead atoms. The first-order valence-electron chi connectivity index (χ1n) is 11.2. The summed E-state index contributed by atoms with van der Waals surface area (Å²) in [5.74, 6) is -0.176. The van der Waals surface area contributed by atoms with Gasteiger partial charge in [-0.25, -0.2) is 4.68 Å². The molecule has 1 aliphatic rings. The van der Waals surface area contributed by atoms with Crippen molar-refractivity contribution in [2.45, 2.75) is 26.1 Å². The van der Waals surface area contributed by atoms with Gasteiger partial charge in [-0.2, -0.15) is 5.10 Å². The Labute approximate surface area is 199 Å². The Morgan fingerprint density at radius 3 is 2.48 bits per heavy atom. The number of nitrogens with zero attached hydrogens (tertiary/aromatic N) is 3. The number of rotatable bonds is 8. The number of amides is 1. The van der Waals surface area contributed by atoms with E-state index in [1.54, 1.807) is 10.8 Å². The van der Waals surface area contributed by atoms with Crippen LogP contribution in [0.1, 0.15) is 22.4 Å². The summed E-state index contributed by atoms with van der Waals surface area (Å²) in [6, 6.07) is 20.4. The number of aryl methyl sites for hydroxylation is 1. The van der Waals surface area contributed by atoms with Crippen molar-refractivity contribution in [3.63, 3.8) is 0 Å². The quantitative estimate of drug-likeness (QED) is 0.513. The monoisotopic (exact) mass is 464 g/mol. The van der Waals surface area contributed by atoms with E-state index in [1.165, 1.54) is 11.6 Å². The van der Waals surface area contributed by atoms with Crippen LogP contribution < -0.4 is 5.32 Å². The van der Waals surface area contributed by atoms with Crippen LogP contribution >= 0.6 is 11.6 Å². The van der Waals surface area contributed by atoms with Gasteiger partial charge >= 0.3 is 0 Å². The molecule has 1 unspecified atom stereocenters. The molecular weight excluding hydrogens is 436 g/mol. The van der Waals surface area contributed by atoms with E-state index in [9.17, 15) is 4.79 Å². The van der Waals surface area contributed by atoms with Gasteiger partial charge in [0.1, 0.15) is 5.15 Å². The fourth-order valence-electron chi connectivity index (χ4n) is 3.94. The molecule has 6 nitrogen and oxygen atoms in total. The molecule has 7 heteroatoms. The molecule has 2 heterocycles. The fourth-order valence-corrected chi connectivity index (χ4v) is 4.24. The van der Waals surface area contributed by atoms with Gasteiger partial charge in [0.15, 0.2) is 0 Å². The molecule has 1 aromatic heterocycles. The molecule has 0 saturated carbocycles. The molecule has 1 fully saturated rings. The minimum absolute atomic E-state index is 0.0289. The van der Waals surface area contributed by atoms with Gasteiger partial charge in [-0.05, 0) is 24.1 Å². The summed E-state index contributed by atoms with van der Waals surface area (Å²) in [5, 5.41) is 7.99. The van der Waals surface area contributed by atoms with E-state index in [-0.39, 0.29) is 12.0 Å². The molecule has 33 heavy (non-hydrogen) atoms. The van der Waals surface area contributed by atoms with E-state index < -0.39 is 0 Å². The molecule has 1 amide bonds. The van der Waals surface area contributed by atoms with Crippen molar-refractivity contribution in [1.82, 2.24) is 20.0 Å². The zero-order valence-electron chi connectivity index (χ0n) is 18.8. The first-order chi connectivity index (χ1) is 16.1. The number of hydrogen-bond acceptors (Lipinski definition) is 4. The number of carbonyl (C=O) groups excluding carboxylic acids is 1. The lowest BCUT2D eigenvalue weighted by atomic mass is 10.2. The molecule has 0 radical (unpaired) electrons. The SMILES string of the molecule is Cc1nn(Cc2ccccc2)c(Cl)c1/C=C/C(=O)NCC1CN(Cc2ccccc2)CCO1. The second kappa shape index (κ2) is 11.3. The van der Waals surface area contributed by atoms with Crippen molar-refractivity contribution in [1.29, 1.82) is 0 Å². The van der Waals surface area contributed by atoms with Gasteiger partial charge in [0.2, 0.25) is 5.91 Å². The van der Waals surface area contributed by atoms with Gasteiger partial charge in [0.25, 0.3) is 0 Å². The number of morpholine rings is 1. The zero-order valence-corrected chi connectivity index (χ0v) is 19.5. The van der Waals surface area contributed by atoms with Crippen LogP contribution in [0.4, 0.5) is 0 Å². The normalized spacial score (nSPS) is 16.8. The van der Waals surface area contributed by atoms with E-state index in [0.717, 1.165) is 36.5 Å². The maximum absolute atomic E-state index is 12.4. The van der Waals surface area contributed by atoms with Gasteiger partial charge in [0.05, 0.1) is 24.9 Å². The van der Waals surface area contributed by atoms with Gasteiger partial charge in [-0.1, -0.05) is 72.3 Å². The van der Waals surface area contributed by atoms with E-state index >= 15 is 0 Å². The summed E-state index contributed by atoms with van der Waals surface area (Å²) in [5.41, 5.74) is 3.94. The molecule has 0 aliphatic carbocycles. The highest BCUT2D eigenvalue weighted by atomic mass is 35.5. The Balaban J connectivity index is 1.28. The molecule has 172 valence electrons. The van der Waals surface area contributed by atoms with Gasteiger partial charge < -0.3 is 10.1 Å². The highest BCUT2D eigenvalue weighted by Crippen LogP contribution is 2.22. The number of aromatic nitrogens is 2. The molecule has 3 aromatic rings. The third-order valence-electron chi connectivity index (χ3n) is 5.66. The second-order valence-corrected chi connectivity index (χ2v) is 8.58. The molecule has 1 saturated heterocycles. The lowest BCUT2D eigenvalue weighted by Crippen LogP contribution is -2.46. The topological polar surface area (TPSA) is 59.4 Å². The average Bonchev–Trinajstić information content (AvgIpc) is 3.10. The Morgan fingerprint density at radius 1 is 1.12 bits per heavy atom. The van der Waals surface area contributed by atoms with Crippen molar-refractivity contribution in [3.05, 3.63) is 94.3 Å². The summed E-state index contributed by atoms with van der Waals surface area (Å²) < 4.78 is 7.59. The second-order valence-electron chi connectivity index (χ2n) is 8.23. The summed E-state index contributed by atoms with van der Waals surface area (Å²) in [7, 11) is 0. The highest BCUT2D eigenvalue weighted by molar-refractivity contribution is 6.31. The Hall–Kier alpha value is -2.93. The predicted molar refractivity (Wildman–Crippen MR) is 131 cm³/mol. The molecular formula is C26H29ClN4O2. The number of benzene rings is 2. The van der Waals surface area contributed by atoms with Crippen molar-refractivity contribution in [2.24, 2.45) is 0 Å². The van der Waals surface area contributed by atoms with Crippen LogP contribution in [0.2, 0.25) is 5.15 Å². The highest BCUT2D eigenvalue weighted by Gasteiger charge is 2.21. The first-order valence-corrected chi connectivity index (χ1v) is 11.6. The van der Waals surface area contributed by atoms with Crippen LogP contribution in [-0.2, 0) is 22.6 Å². The van der Waals surface area contributed by atoms with Crippen molar-refractivity contribution in [3.8, 4) is 0 Å². The maximum atomic E-state index is 12.4. The minimum atomic E-state index is -0.176. The summed E-state index contributed by atoms with van der Waals surface area (Å²) in [6.45, 7) is 6.17. The number of carbonyl (C=O) groups is 1. The Kier molecular flexibility index (Phi) is 7.94. The summed E-state index contributed by atoms with van der Waals surface area (Å²) in [4.78, 5) is 14.8. The van der Waals surface area contributed by atoms with Crippen LogP contribution in [0.15, 0.2) is 66.7 Å². The largest absolute Gasteiger partial charge is 0.374 e. The van der Waals surface area contributed by atoms with Crippen LogP contribution in [0.25, 0.3) is 6.08 Å². The van der Waals surface area contributed by atoms with E-state index in [4.69, 9.17) is 16.3 Å².